The van der Waals surface area contributed by atoms with Crippen LogP contribution in [-0.4, -0.2) is 16.0 Å². The number of nitrogens with zero attached hydrogens (tertiary/aromatic N) is 1. The molecule has 1 atom stereocenters. The maximum Gasteiger partial charge on any atom is 0.191 e. The molecule has 0 saturated carbocycles. The van der Waals surface area contributed by atoms with Crippen molar-refractivity contribution in [3.63, 3.8) is 0 Å². The van der Waals surface area contributed by atoms with E-state index in [0.29, 0.717) is 36.6 Å². The number of anilines is 1. The molecule has 0 aromatic heterocycles. The first-order chi connectivity index (χ1) is 18.8. The van der Waals surface area contributed by atoms with Crippen LogP contribution in [0.3, 0.4) is 0 Å². The van der Waals surface area contributed by atoms with Crippen molar-refractivity contribution in [3.05, 3.63) is 94.5 Å². The summed E-state index contributed by atoms with van der Waals surface area (Å²) in [6.07, 6.45) is 0.325. The number of halogens is 3. The molecule has 0 saturated heterocycles. The Morgan fingerprint density at radius 3 is 1.52 bits per heavy atom. The summed E-state index contributed by atoms with van der Waals surface area (Å²) < 4.78 is -1.43. The van der Waals surface area contributed by atoms with Crippen LogP contribution in [0.1, 0.15) is 119 Å². The predicted molar refractivity (Wildman–Crippen MR) is 179 cm³/mol. The number of nitrogens with one attached hydrogen (secondary N) is 1. The Kier molecular flexibility index (Phi) is 11.6. The summed E-state index contributed by atoms with van der Waals surface area (Å²) in [4.78, 5) is 5.50. The number of benzene rings is 3. The van der Waals surface area contributed by atoms with Crippen LogP contribution < -0.4 is 5.32 Å². The number of alkyl halides is 3. The van der Waals surface area contributed by atoms with Gasteiger partial charge in [0.1, 0.15) is 0 Å². The molecule has 1 N–H and O–H groups in total. The van der Waals surface area contributed by atoms with Gasteiger partial charge in [-0.25, -0.2) is 0 Å². The minimum Gasteiger partial charge on any atom is -0.379 e. The SMILES string of the molecule is CC(C)c1cccc(C(C)C)c1N=C(CNc1c(C(C)C)cccc1C(C)C)C(CC(Cl)(Cl)Cl)c1ccccc1. The number of para-hydroxylation sites is 2. The average Bonchev–Trinajstić information content (AvgIpc) is 2.89. The molecule has 0 amide bonds. The molecule has 0 aliphatic rings. The van der Waals surface area contributed by atoms with Crippen LogP contribution in [0, 0.1) is 0 Å². The van der Waals surface area contributed by atoms with Crippen molar-refractivity contribution in [2.24, 2.45) is 4.99 Å². The van der Waals surface area contributed by atoms with Crippen LogP contribution >= 0.6 is 34.8 Å². The molecule has 0 aliphatic heterocycles. The maximum atomic E-state index is 6.49. The summed E-state index contributed by atoms with van der Waals surface area (Å²) in [5, 5.41) is 3.84. The van der Waals surface area contributed by atoms with E-state index in [0.717, 1.165) is 17.0 Å². The highest BCUT2D eigenvalue weighted by molar-refractivity contribution is 6.67. The van der Waals surface area contributed by atoms with E-state index in [4.69, 9.17) is 39.8 Å². The molecular formula is C35H45Cl3N2. The summed E-state index contributed by atoms with van der Waals surface area (Å²) in [7, 11) is 0. The molecular weight excluding hydrogens is 555 g/mol. The molecule has 2 nitrogen and oxygen atoms in total. The van der Waals surface area contributed by atoms with Crippen LogP contribution in [0.15, 0.2) is 71.7 Å². The van der Waals surface area contributed by atoms with E-state index in [2.05, 4.69) is 109 Å². The number of hydrogen-bond acceptors (Lipinski definition) is 2. The molecule has 0 fully saturated rings. The van der Waals surface area contributed by atoms with Gasteiger partial charge in [0, 0.05) is 23.7 Å². The number of rotatable bonds is 11. The van der Waals surface area contributed by atoms with Crippen molar-refractivity contribution < 1.29 is 0 Å². The summed E-state index contributed by atoms with van der Waals surface area (Å²) in [6.45, 7) is 18.4. The first-order valence-electron chi connectivity index (χ1n) is 14.5. The molecule has 0 radical (unpaired) electrons. The van der Waals surface area contributed by atoms with Gasteiger partial charge in [-0.1, -0.05) is 157 Å². The van der Waals surface area contributed by atoms with E-state index >= 15 is 0 Å². The van der Waals surface area contributed by atoms with Gasteiger partial charge in [-0.15, -0.1) is 0 Å². The van der Waals surface area contributed by atoms with E-state index in [-0.39, 0.29) is 5.92 Å². The Bertz CT molecular complexity index is 1220. The third-order valence-electron chi connectivity index (χ3n) is 7.46. The molecule has 3 aromatic rings. The van der Waals surface area contributed by atoms with Gasteiger partial charge in [-0.2, -0.15) is 0 Å². The van der Waals surface area contributed by atoms with Gasteiger partial charge in [0.05, 0.1) is 12.2 Å². The van der Waals surface area contributed by atoms with Crippen molar-refractivity contribution in [2.45, 2.75) is 95.2 Å². The zero-order chi connectivity index (χ0) is 29.6. The molecule has 0 aliphatic carbocycles. The van der Waals surface area contributed by atoms with Gasteiger partial charge >= 0.3 is 0 Å². The smallest absolute Gasteiger partial charge is 0.191 e. The lowest BCUT2D eigenvalue weighted by Crippen LogP contribution is -2.26. The molecule has 5 heteroatoms. The maximum absolute atomic E-state index is 6.49. The van der Waals surface area contributed by atoms with Crippen molar-refractivity contribution in [2.75, 3.05) is 11.9 Å². The highest BCUT2D eigenvalue weighted by Crippen LogP contribution is 2.41. The first kappa shape index (κ1) is 32.5. The lowest BCUT2D eigenvalue weighted by molar-refractivity contribution is 0.778. The van der Waals surface area contributed by atoms with Crippen LogP contribution in [0.2, 0.25) is 0 Å². The van der Waals surface area contributed by atoms with E-state index in [1.807, 2.05) is 18.2 Å². The Hall–Kier alpha value is -2.00. The summed E-state index contributed by atoms with van der Waals surface area (Å²) in [5.41, 5.74) is 9.33. The van der Waals surface area contributed by atoms with Gasteiger partial charge < -0.3 is 5.32 Å². The zero-order valence-electron chi connectivity index (χ0n) is 25.2. The van der Waals surface area contributed by atoms with E-state index in [1.165, 1.54) is 27.9 Å². The van der Waals surface area contributed by atoms with E-state index in [9.17, 15) is 0 Å². The Morgan fingerprint density at radius 2 is 1.10 bits per heavy atom. The lowest BCUT2D eigenvalue weighted by atomic mass is 9.89. The largest absolute Gasteiger partial charge is 0.379 e. The average molecular weight is 600 g/mol. The van der Waals surface area contributed by atoms with Gasteiger partial charge in [-0.05, 0) is 51.5 Å². The second-order valence-electron chi connectivity index (χ2n) is 12.0. The molecule has 1 unspecified atom stereocenters. The summed E-state index contributed by atoms with van der Waals surface area (Å²) in [6, 6.07) is 23.4. The molecule has 40 heavy (non-hydrogen) atoms. The quantitative estimate of drug-likeness (QED) is 0.172. The van der Waals surface area contributed by atoms with Gasteiger partial charge in [0.25, 0.3) is 0 Å². The van der Waals surface area contributed by atoms with Crippen LogP contribution in [-0.2, 0) is 0 Å². The van der Waals surface area contributed by atoms with Crippen molar-refractivity contribution >= 4 is 51.9 Å². The molecule has 0 heterocycles. The number of hydrogen-bond donors (Lipinski definition) is 1. The van der Waals surface area contributed by atoms with Crippen molar-refractivity contribution in [3.8, 4) is 0 Å². The number of aliphatic imine (C=N–C) groups is 1. The Morgan fingerprint density at radius 1 is 0.650 bits per heavy atom. The van der Waals surface area contributed by atoms with Crippen molar-refractivity contribution in [1.82, 2.24) is 0 Å². The molecule has 3 aromatic carbocycles. The highest BCUT2D eigenvalue weighted by atomic mass is 35.6. The molecule has 0 bridgehead atoms. The van der Waals surface area contributed by atoms with Crippen LogP contribution in [0.4, 0.5) is 11.4 Å². The highest BCUT2D eigenvalue weighted by Gasteiger charge is 2.31. The standard InChI is InChI=1S/C35H45Cl3N2/c1-22(2)27-16-12-17-28(23(3)4)33(27)39-21-32(31(20-35(36,37)38)26-14-10-9-11-15-26)40-34-29(24(5)6)18-13-19-30(34)25(7)8/h9-19,22-25,31,39H,20-21H2,1-8H3. The van der Waals surface area contributed by atoms with Gasteiger partial charge in [-0.3, -0.25) is 4.99 Å². The summed E-state index contributed by atoms with van der Waals surface area (Å²) in [5.74, 6) is 1.22. The molecule has 3 rings (SSSR count). The fraction of sp³-hybridized carbons (Fsp3) is 0.457. The minimum atomic E-state index is -1.43. The topological polar surface area (TPSA) is 24.4 Å². The fourth-order valence-electron chi connectivity index (χ4n) is 5.30. The Labute approximate surface area is 257 Å². The lowest BCUT2D eigenvalue weighted by Gasteiger charge is -2.27. The summed E-state index contributed by atoms with van der Waals surface area (Å²) >= 11 is 19.5. The van der Waals surface area contributed by atoms with Crippen LogP contribution in [0.25, 0.3) is 0 Å². The van der Waals surface area contributed by atoms with Gasteiger partial charge in [0.2, 0.25) is 0 Å². The van der Waals surface area contributed by atoms with Crippen LogP contribution in [0.5, 0.6) is 0 Å². The second-order valence-corrected chi connectivity index (χ2v) is 14.5. The van der Waals surface area contributed by atoms with E-state index in [1.54, 1.807) is 0 Å². The second kappa shape index (κ2) is 14.3. The van der Waals surface area contributed by atoms with Gasteiger partial charge in [0.15, 0.2) is 3.79 Å². The first-order valence-corrected chi connectivity index (χ1v) is 15.6. The zero-order valence-corrected chi connectivity index (χ0v) is 27.5. The van der Waals surface area contributed by atoms with E-state index < -0.39 is 3.79 Å². The Balaban J connectivity index is 2.26. The third-order valence-corrected chi connectivity index (χ3v) is 7.92. The fourth-order valence-corrected chi connectivity index (χ4v) is 5.77. The minimum absolute atomic E-state index is 0.185. The normalized spacial score (nSPS) is 13.5. The molecule has 216 valence electrons. The third kappa shape index (κ3) is 8.51. The van der Waals surface area contributed by atoms with Crippen molar-refractivity contribution in [1.29, 1.82) is 0 Å². The predicted octanol–water partition coefficient (Wildman–Crippen LogP) is 11.9. The monoisotopic (exact) mass is 598 g/mol. The molecule has 0 spiro atoms.